The lowest BCUT2D eigenvalue weighted by Crippen LogP contribution is -2.51. The van der Waals surface area contributed by atoms with E-state index in [4.69, 9.17) is 0 Å². The van der Waals surface area contributed by atoms with Gasteiger partial charge in [0.05, 0.1) is 6.07 Å². The van der Waals surface area contributed by atoms with Gasteiger partial charge in [-0.3, -0.25) is 0 Å². The smallest absolute Gasteiger partial charge is 0.104 e. The Kier molecular flexibility index (Phi) is 3.03. The Morgan fingerprint density at radius 1 is 1.06 bits per heavy atom. The van der Waals surface area contributed by atoms with Crippen molar-refractivity contribution in [1.29, 1.82) is 5.26 Å². The molecule has 2 fully saturated rings. The lowest BCUT2D eigenvalue weighted by molar-refractivity contribution is 0.0588. The summed E-state index contributed by atoms with van der Waals surface area (Å²) in [5.74, 6) is 0. The zero-order valence-corrected chi connectivity index (χ0v) is 11.6. The third-order valence-electron chi connectivity index (χ3n) is 3.94. The Morgan fingerprint density at radius 2 is 1.62 bits per heavy atom. The fourth-order valence-electron chi connectivity index (χ4n) is 3.58. The third-order valence-corrected chi connectivity index (χ3v) is 5.32. The van der Waals surface area contributed by atoms with Crippen molar-refractivity contribution in [3.05, 3.63) is 0 Å². The number of hydrogen-bond acceptors (Lipinski definition) is 2. The second-order valence-electron chi connectivity index (χ2n) is 6.73. The Balaban J connectivity index is 1.99. The molecule has 0 bridgehead atoms. The van der Waals surface area contributed by atoms with Gasteiger partial charge in [0.15, 0.2) is 0 Å². The zero-order chi connectivity index (χ0) is 11.9. The number of thioether (sulfide) groups is 1. The van der Waals surface area contributed by atoms with E-state index in [0.717, 1.165) is 12.8 Å². The summed E-state index contributed by atoms with van der Waals surface area (Å²) in [4.78, 5) is 0. The summed E-state index contributed by atoms with van der Waals surface area (Å²) in [6.45, 7) is 6.67. The maximum absolute atomic E-state index is 9.44. The SMILES string of the molecule is CC(C)(C)SC1(C#N)CC2(CCCCC2)C1. The van der Waals surface area contributed by atoms with Crippen molar-refractivity contribution < 1.29 is 0 Å². The largest absolute Gasteiger partial charge is 0.197 e. The molecule has 0 aromatic rings. The summed E-state index contributed by atoms with van der Waals surface area (Å²) in [6, 6.07) is 2.61. The summed E-state index contributed by atoms with van der Waals surface area (Å²) in [7, 11) is 0. The van der Waals surface area contributed by atoms with Gasteiger partial charge >= 0.3 is 0 Å². The van der Waals surface area contributed by atoms with Crippen LogP contribution in [0, 0.1) is 16.7 Å². The van der Waals surface area contributed by atoms with Gasteiger partial charge in [0.1, 0.15) is 4.75 Å². The van der Waals surface area contributed by atoms with E-state index < -0.39 is 0 Å². The predicted octanol–water partition coefficient (Wildman–Crippen LogP) is 4.52. The van der Waals surface area contributed by atoms with Gasteiger partial charge in [-0.25, -0.2) is 0 Å². The molecule has 2 rings (SSSR count). The number of rotatable bonds is 1. The minimum absolute atomic E-state index is 0.0599. The molecule has 0 atom stereocenters. The van der Waals surface area contributed by atoms with Crippen LogP contribution in [0.1, 0.15) is 65.7 Å². The molecule has 2 aliphatic carbocycles. The van der Waals surface area contributed by atoms with Crippen LogP contribution in [0.25, 0.3) is 0 Å². The van der Waals surface area contributed by atoms with E-state index in [9.17, 15) is 5.26 Å². The Labute approximate surface area is 104 Å². The summed E-state index contributed by atoms with van der Waals surface area (Å²) in [6.07, 6.45) is 9.25. The highest BCUT2D eigenvalue weighted by Crippen LogP contribution is 2.63. The minimum atomic E-state index is -0.0599. The molecule has 0 aromatic carbocycles. The van der Waals surface area contributed by atoms with E-state index in [-0.39, 0.29) is 9.49 Å². The zero-order valence-electron chi connectivity index (χ0n) is 10.8. The van der Waals surface area contributed by atoms with Crippen LogP contribution in [-0.4, -0.2) is 9.49 Å². The predicted molar refractivity (Wildman–Crippen MR) is 70.4 cm³/mol. The fraction of sp³-hybridized carbons (Fsp3) is 0.929. The molecule has 1 nitrogen and oxygen atoms in total. The first kappa shape index (κ1) is 12.3. The fourth-order valence-corrected chi connectivity index (χ4v) is 5.55. The molecule has 0 aromatic heterocycles. The van der Waals surface area contributed by atoms with E-state index in [1.807, 2.05) is 11.8 Å². The molecule has 0 radical (unpaired) electrons. The lowest BCUT2D eigenvalue weighted by Gasteiger charge is -2.56. The van der Waals surface area contributed by atoms with E-state index in [0.29, 0.717) is 5.41 Å². The van der Waals surface area contributed by atoms with Crippen LogP contribution in [-0.2, 0) is 0 Å². The first-order chi connectivity index (χ1) is 7.39. The van der Waals surface area contributed by atoms with Gasteiger partial charge in [-0.1, -0.05) is 40.0 Å². The van der Waals surface area contributed by atoms with Crippen molar-refractivity contribution >= 4 is 11.8 Å². The van der Waals surface area contributed by atoms with Crippen molar-refractivity contribution in [2.75, 3.05) is 0 Å². The second-order valence-corrected chi connectivity index (χ2v) is 8.95. The van der Waals surface area contributed by atoms with E-state index in [1.165, 1.54) is 32.1 Å². The van der Waals surface area contributed by atoms with Crippen LogP contribution in [0.3, 0.4) is 0 Å². The molecule has 2 aliphatic rings. The van der Waals surface area contributed by atoms with E-state index >= 15 is 0 Å². The highest BCUT2D eigenvalue weighted by atomic mass is 32.2. The maximum Gasteiger partial charge on any atom is 0.104 e. The average Bonchev–Trinajstić information content (AvgIpc) is 2.14. The van der Waals surface area contributed by atoms with Crippen LogP contribution in [0.4, 0.5) is 0 Å². The molecule has 0 amide bonds. The number of nitrogens with zero attached hydrogens (tertiary/aromatic N) is 1. The van der Waals surface area contributed by atoms with Gasteiger partial charge in [-0.2, -0.15) is 5.26 Å². The van der Waals surface area contributed by atoms with Crippen molar-refractivity contribution in [2.45, 2.75) is 75.2 Å². The third kappa shape index (κ3) is 2.40. The number of nitriles is 1. The van der Waals surface area contributed by atoms with Crippen LogP contribution < -0.4 is 0 Å². The summed E-state index contributed by atoms with van der Waals surface area (Å²) < 4.78 is 0.154. The molecule has 1 spiro atoms. The Hall–Kier alpha value is -0.160. The van der Waals surface area contributed by atoms with Gasteiger partial charge in [-0.15, -0.1) is 11.8 Å². The van der Waals surface area contributed by atoms with Crippen molar-refractivity contribution in [3.8, 4) is 6.07 Å². The van der Waals surface area contributed by atoms with Crippen molar-refractivity contribution in [3.63, 3.8) is 0 Å². The molecule has 0 N–H and O–H groups in total. The molecule has 90 valence electrons. The monoisotopic (exact) mass is 237 g/mol. The molecule has 2 saturated carbocycles. The van der Waals surface area contributed by atoms with Crippen molar-refractivity contribution in [2.24, 2.45) is 5.41 Å². The molecular weight excluding hydrogens is 214 g/mol. The van der Waals surface area contributed by atoms with Gasteiger partial charge in [0.25, 0.3) is 0 Å². The molecule has 0 aliphatic heterocycles. The highest BCUT2D eigenvalue weighted by molar-refractivity contribution is 8.02. The average molecular weight is 237 g/mol. The van der Waals surface area contributed by atoms with Gasteiger partial charge in [0.2, 0.25) is 0 Å². The highest BCUT2D eigenvalue weighted by Gasteiger charge is 2.56. The summed E-state index contributed by atoms with van der Waals surface area (Å²) >= 11 is 1.90. The normalized spacial score (nSPS) is 27.1. The summed E-state index contributed by atoms with van der Waals surface area (Å²) in [5, 5.41) is 9.44. The first-order valence-corrected chi connectivity index (χ1v) is 7.32. The van der Waals surface area contributed by atoms with Crippen LogP contribution >= 0.6 is 11.8 Å². The standard InChI is InChI=1S/C14H23NS/c1-12(2,3)16-14(11-15)9-13(10-14)7-5-4-6-8-13/h4-10H2,1-3H3. The van der Waals surface area contributed by atoms with E-state index in [1.54, 1.807) is 0 Å². The van der Waals surface area contributed by atoms with Crippen LogP contribution in [0.2, 0.25) is 0 Å². The quantitative estimate of drug-likeness (QED) is 0.669. The van der Waals surface area contributed by atoms with Crippen LogP contribution in [0.15, 0.2) is 0 Å². The van der Waals surface area contributed by atoms with Crippen LogP contribution in [0.5, 0.6) is 0 Å². The van der Waals surface area contributed by atoms with Crippen molar-refractivity contribution in [1.82, 2.24) is 0 Å². The molecular formula is C14H23NS. The van der Waals surface area contributed by atoms with Gasteiger partial charge < -0.3 is 0 Å². The molecule has 0 heterocycles. The number of hydrogen-bond donors (Lipinski definition) is 0. The molecule has 0 saturated heterocycles. The minimum Gasteiger partial charge on any atom is -0.197 e. The topological polar surface area (TPSA) is 23.8 Å². The van der Waals surface area contributed by atoms with Gasteiger partial charge in [0, 0.05) is 4.75 Å². The summed E-state index contributed by atoms with van der Waals surface area (Å²) in [5.41, 5.74) is 0.562. The maximum atomic E-state index is 9.44. The van der Waals surface area contributed by atoms with E-state index in [2.05, 4.69) is 26.8 Å². The Morgan fingerprint density at radius 3 is 2.06 bits per heavy atom. The second kappa shape index (κ2) is 3.95. The first-order valence-electron chi connectivity index (χ1n) is 6.50. The molecule has 0 unspecified atom stereocenters. The van der Waals surface area contributed by atoms with Gasteiger partial charge in [-0.05, 0) is 31.1 Å². The lowest BCUT2D eigenvalue weighted by atomic mass is 9.56. The Bertz CT molecular complexity index is 294. The molecule has 16 heavy (non-hydrogen) atoms. The molecule has 2 heteroatoms.